The third-order valence-electron chi connectivity index (χ3n) is 5.86. The van der Waals surface area contributed by atoms with Gasteiger partial charge in [0.05, 0.1) is 23.2 Å². The third kappa shape index (κ3) is 7.17. The summed E-state index contributed by atoms with van der Waals surface area (Å²) < 4.78 is 21.9. The minimum atomic E-state index is -0.578. The summed E-state index contributed by atoms with van der Waals surface area (Å²) in [6.45, 7) is 6.48. The van der Waals surface area contributed by atoms with E-state index in [4.69, 9.17) is 16.3 Å². The number of halogens is 2. The van der Waals surface area contributed by atoms with Gasteiger partial charge in [0.2, 0.25) is 5.95 Å². The van der Waals surface area contributed by atoms with Gasteiger partial charge in [-0.3, -0.25) is 0 Å². The molecule has 4 aromatic rings. The zero-order chi connectivity index (χ0) is 26.9. The van der Waals surface area contributed by atoms with Crippen molar-refractivity contribution in [3.8, 4) is 11.3 Å². The summed E-state index contributed by atoms with van der Waals surface area (Å²) in [5.41, 5.74) is 3.39. The Morgan fingerprint density at radius 3 is 2.79 bits per heavy atom. The molecule has 0 saturated heterocycles. The topological polar surface area (TPSA) is 94.0 Å². The Balaban J connectivity index is 1.41. The van der Waals surface area contributed by atoms with Crippen molar-refractivity contribution in [1.82, 2.24) is 24.8 Å². The maximum atomic E-state index is 15.0. The molecule has 1 amide bonds. The highest BCUT2D eigenvalue weighted by Crippen LogP contribution is 2.30. The standard InChI is InChI=1S/C28H28ClFN6O2/c1-3-14-38-28(37)33-16-19(2)23-9-6-21(15-25(23)30)26-24(29)17-32-27(35-26)34-22-7-4-20(5-8-22)10-12-36-13-11-31-18-36/h3-9,11,13,15,17-19H,1,10,12,14,16H2,2H3,(H,33,37)(H,32,34,35). The highest BCUT2D eigenvalue weighted by atomic mass is 35.5. The molecule has 38 heavy (non-hydrogen) atoms. The minimum Gasteiger partial charge on any atom is -0.445 e. The van der Waals surface area contributed by atoms with Gasteiger partial charge in [-0.15, -0.1) is 0 Å². The van der Waals surface area contributed by atoms with Gasteiger partial charge in [0.1, 0.15) is 12.4 Å². The van der Waals surface area contributed by atoms with Gasteiger partial charge in [-0.25, -0.2) is 24.1 Å². The molecule has 0 bridgehead atoms. The molecule has 4 rings (SSSR count). The normalized spacial score (nSPS) is 11.6. The molecular weight excluding hydrogens is 507 g/mol. The number of nitrogens with one attached hydrogen (secondary N) is 2. The summed E-state index contributed by atoms with van der Waals surface area (Å²) in [7, 11) is 0. The number of ether oxygens (including phenoxy) is 1. The summed E-state index contributed by atoms with van der Waals surface area (Å²) in [4.78, 5) is 24.5. The van der Waals surface area contributed by atoms with Crippen LogP contribution in [0.5, 0.6) is 0 Å². The van der Waals surface area contributed by atoms with Crippen molar-refractivity contribution in [2.24, 2.45) is 0 Å². The van der Waals surface area contributed by atoms with Crippen molar-refractivity contribution in [3.05, 3.63) is 102 Å². The number of carbonyl (C=O) groups excluding carboxylic acids is 1. The van der Waals surface area contributed by atoms with Crippen molar-refractivity contribution in [1.29, 1.82) is 0 Å². The SMILES string of the molecule is C=CCOC(=O)NCC(C)c1ccc(-c2nc(Nc3ccc(CCn4ccnc4)cc3)ncc2Cl)cc1F. The van der Waals surface area contributed by atoms with Crippen molar-refractivity contribution < 1.29 is 13.9 Å². The first-order valence-corrected chi connectivity index (χ1v) is 12.5. The predicted molar refractivity (Wildman–Crippen MR) is 146 cm³/mol. The first kappa shape index (κ1) is 26.8. The van der Waals surface area contributed by atoms with E-state index in [1.807, 2.05) is 42.0 Å². The molecule has 1 atom stereocenters. The molecule has 10 heteroatoms. The molecule has 2 heterocycles. The number of anilines is 2. The number of nitrogens with zero attached hydrogens (tertiary/aromatic N) is 4. The smallest absolute Gasteiger partial charge is 0.407 e. The van der Waals surface area contributed by atoms with Gasteiger partial charge >= 0.3 is 6.09 Å². The lowest BCUT2D eigenvalue weighted by Gasteiger charge is -2.15. The molecular formula is C28H28ClFN6O2. The maximum absolute atomic E-state index is 15.0. The van der Waals surface area contributed by atoms with Crippen LogP contribution in [-0.4, -0.2) is 38.8 Å². The lowest BCUT2D eigenvalue weighted by Crippen LogP contribution is -2.28. The lowest BCUT2D eigenvalue weighted by molar-refractivity contribution is 0.158. The van der Waals surface area contributed by atoms with Crippen molar-refractivity contribution in [3.63, 3.8) is 0 Å². The van der Waals surface area contributed by atoms with Crippen LogP contribution < -0.4 is 10.6 Å². The van der Waals surface area contributed by atoms with Crippen LogP contribution in [0.4, 0.5) is 20.8 Å². The molecule has 196 valence electrons. The van der Waals surface area contributed by atoms with Crippen molar-refractivity contribution in [2.75, 3.05) is 18.5 Å². The maximum Gasteiger partial charge on any atom is 0.407 e. The number of aryl methyl sites for hydroxylation is 2. The van der Waals surface area contributed by atoms with E-state index in [1.54, 1.807) is 24.7 Å². The molecule has 2 aromatic carbocycles. The number of hydrogen-bond donors (Lipinski definition) is 2. The first-order valence-electron chi connectivity index (χ1n) is 12.1. The number of benzene rings is 2. The van der Waals surface area contributed by atoms with E-state index in [2.05, 4.69) is 32.2 Å². The molecule has 0 fully saturated rings. The summed E-state index contributed by atoms with van der Waals surface area (Å²) in [6, 6.07) is 12.8. The Morgan fingerprint density at radius 2 is 2.08 bits per heavy atom. The molecule has 0 spiro atoms. The Bertz CT molecular complexity index is 1380. The molecule has 2 N–H and O–H groups in total. The van der Waals surface area contributed by atoms with Gasteiger partial charge in [-0.1, -0.05) is 55.4 Å². The fourth-order valence-electron chi connectivity index (χ4n) is 3.80. The molecule has 8 nitrogen and oxygen atoms in total. The quantitative estimate of drug-likeness (QED) is 0.225. The summed E-state index contributed by atoms with van der Waals surface area (Å²) in [5.74, 6) is -0.358. The molecule has 0 saturated carbocycles. The number of aromatic nitrogens is 4. The van der Waals surface area contributed by atoms with E-state index < -0.39 is 11.9 Å². The average molecular weight is 535 g/mol. The molecule has 2 aromatic heterocycles. The van der Waals surface area contributed by atoms with Crippen LogP contribution in [0, 0.1) is 5.82 Å². The Labute approximate surface area is 225 Å². The fraction of sp³-hybridized carbons (Fsp3) is 0.214. The van der Waals surface area contributed by atoms with E-state index in [1.165, 1.54) is 23.9 Å². The number of amides is 1. The second-order valence-electron chi connectivity index (χ2n) is 8.67. The number of alkyl carbamates (subject to hydrolysis) is 1. The van der Waals surface area contributed by atoms with Crippen LogP contribution >= 0.6 is 11.6 Å². The zero-order valence-corrected chi connectivity index (χ0v) is 21.7. The van der Waals surface area contributed by atoms with Crippen LogP contribution in [0.3, 0.4) is 0 Å². The van der Waals surface area contributed by atoms with E-state index in [0.29, 0.717) is 27.8 Å². The average Bonchev–Trinajstić information content (AvgIpc) is 3.45. The highest BCUT2D eigenvalue weighted by Gasteiger charge is 2.16. The van der Waals surface area contributed by atoms with Gasteiger partial charge in [0.25, 0.3) is 0 Å². The first-order chi connectivity index (χ1) is 18.4. The van der Waals surface area contributed by atoms with Gasteiger partial charge in [-0.2, -0.15) is 0 Å². The van der Waals surface area contributed by atoms with Crippen LogP contribution in [0.2, 0.25) is 5.02 Å². The van der Waals surface area contributed by atoms with Crippen LogP contribution in [-0.2, 0) is 17.7 Å². The second kappa shape index (κ2) is 12.8. The molecule has 0 aliphatic rings. The number of rotatable bonds is 11. The van der Waals surface area contributed by atoms with E-state index in [-0.39, 0.29) is 19.1 Å². The monoisotopic (exact) mass is 534 g/mol. The number of hydrogen-bond acceptors (Lipinski definition) is 6. The summed E-state index contributed by atoms with van der Waals surface area (Å²) >= 11 is 6.36. The predicted octanol–water partition coefficient (Wildman–Crippen LogP) is 6.13. The van der Waals surface area contributed by atoms with E-state index in [9.17, 15) is 4.79 Å². The lowest BCUT2D eigenvalue weighted by atomic mass is 9.98. The largest absolute Gasteiger partial charge is 0.445 e. The van der Waals surface area contributed by atoms with Crippen LogP contribution in [0.25, 0.3) is 11.3 Å². The van der Waals surface area contributed by atoms with Gasteiger partial charge in [0, 0.05) is 42.7 Å². The second-order valence-corrected chi connectivity index (χ2v) is 9.08. The highest BCUT2D eigenvalue weighted by molar-refractivity contribution is 6.32. The van der Waals surface area contributed by atoms with Crippen LogP contribution in [0.1, 0.15) is 24.0 Å². The molecule has 1 unspecified atom stereocenters. The Morgan fingerprint density at radius 1 is 1.26 bits per heavy atom. The van der Waals surface area contributed by atoms with Crippen LogP contribution in [0.15, 0.2) is 80.0 Å². The van der Waals surface area contributed by atoms with Gasteiger partial charge in [-0.05, 0) is 35.7 Å². The summed E-state index contributed by atoms with van der Waals surface area (Å²) in [5, 5.41) is 6.10. The Hall–Kier alpha value is -4.24. The van der Waals surface area contributed by atoms with E-state index in [0.717, 1.165) is 18.7 Å². The minimum absolute atomic E-state index is 0.109. The zero-order valence-electron chi connectivity index (χ0n) is 20.9. The van der Waals surface area contributed by atoms with Gasteiger partial charge < -0.3 is 19.9 Å². The fourth-order valence-corrected chi connectivity index (χ4v) is 4.00. The van der Waals surface area contributed by atoms with Gasteiger partial charge in [0.15, 0.2) is 0 Å². The summed E-state index contributed by atoms with van der Waals surface area (Å²) in [6.07, 6.45) is 8.77. The number of imidazole rings is 1. The van der Waals surface area contributed by atoms with Crippen molar-refractivity contribution in [2.45, 2.75) is 25.8 Å². The molecule has 0 radical (unpaired) electrons. The van der Waals surface area contributed by atoms with E-state index >= 15 is 4.39 Å². The molecule has 0 aliphatic heterocycles. The van der Waals surface area contributed by atoms with Crippen molar-refractivity contribution >= 4 is 29.3 Å². The Kier molecular flexibility index (Phi) is 9.05. The molecule has 0 aliphatic carbocycles. The number of carbonyl (C=O) groups is 1. The third-order valence-corrected chi connectivity index (χ3v) is 6.14.